The van der Waals surface area contributed by atoms with Crippen LogP contribution in [0.25, 0.3) is 147 Å². The quantitative estimate of drug-likeness (QED) is 0.122. The predicted octanol–water partition coefficient (Wildman–Crippen LogP) is 19.1. The molecule has 0 nitrogen and oxygen atoms in total. The topological polar surface area (TPSA) is 0 Å². The molecule has 0 aliphatic carbocycles. The molecule has 0 amide bonds. The van der Waals surface area contributed by atoms with Gasteiger partial charge in [-0.1, -0.05) is 24.3 Å². The zero-order valence-corrected chi connectivity index (χ0v) is 39.4. The predicted molar refractivity (Wildman–Crippen MR) is 296 cm³/mol. The third-order valence-corrected chi connectivity index (χ3v) is 19.1. The van der Waals surface area contributed by atoms with Gasteiger partial charge < -0.3 is 0 Å². The summed E-state index contributed by atoms with van der Waals surface area (Å²) in [7, 11) is 0. The van der Waals surface area contributed by atoms with Gasteiger partial charge in [0.05, 0.1) is 0 Å². The van der Waals surface area contributed by atoms with E-state index in [2.05, 4.69) is 218 Å². The second-order valence-corrected chi connectivity index (χ2v) is 22.2. The summed E-state index contributed by atoms with van der Waals surface area (Å²) in [5.41, 5.74) is 10.4. The molecule has 0 aliphatic heterocycles. The molecule has 0 atom stereocenters. The first-order chi connectivity index (χ1) is 33.2. The van der Waals surface area contributed by atoms with Crippen molar-refractivity contribution in [2.75, 3.05) is 0 Å². The average molecular weight is 948 g/mol. The maximum atomic E-state index is 2.51. The van der Waals surface area contributed by atoms with Crippen LogP contribution in [0, 0.1) is 0 Å². The van der Waals surface area contributed by atoms with Gasteiger partial charge in [-0.3, -0.25) is 0 Å². The second kappa shape index (κ2) is 14.6. The summed E-state index contributed by atoms with van der Waals surface area (Å²) >= 11 is 3.89. The Morgan fingerprint density at radius 3 is 1.03 bits per heavy atom. The van der Waals surface area contributed by atoms with Crippen molar-refractivity contribution in [1.82, 2.24) is 0 Å². The van der Waals surface area contributed by atoms with E-state index in [0.717, 1.165) is 0 Å². The number of fused-ring (bicyclic) bond motifs is 13. The first-order valence-corrected chi connectivity index (χ1v) is 26.2. The summed E-state index contributed by atoms with van der Waals surface area (Å²) in [6.45, 7) is 0. The van der Waals surface area contributed by atoms with Crippen LogP contribution in [0.4, 0.5) is 0 Å². The van der Waals surface area contributed by atoms with Crippen molar-refractivity contribution in [2.24, 2.45) is 0 Å². The average Bonchev–Trinajstić information content (AvgIpc) is 4.08. The summed E-state index contributed by atoms with van der Waals surface area (Å²) in [5, 5.41) is 18.4. The van der Waals surface area contributed by atoms with E-state index in [1.54, 1.807) is 0 Å². The molecule has 15 rings (SSSR count). The fraction of sp³-hybridized carbons (Fsp3) is 0. The molecule has 0 aliphatic rings. The van der Waals surface area contributed by atoms with Crippen molar-refractivity contribution in [3.8, 4) is 44.5 Å². The Kier molecular flexibility index (Phi) is 8.22. The Morgan fingerprint density at radius 1 is 0.239 bits per heavy atom. The summed E-state index contributed by atoms with van der Waals surface area (Å²) in [4.78, 5) is 0. The van der Waals surface area contributed by atoms with Crippen LogP contribution in [0.2, 0.25) is 0 Å². The maximum absolute atomic E-state index is 2.51. The monoisotopic (exact) mass is 948 g/mol. The van der Waals surface area contributed by atoms with Crippen molar-refractivity contribution in [1.29, 1.82) is 0 Å². The van der Waals surface area contributed by atoms with E-state index in [1.807, 2.05) is 22.7 Å². The number of thiophene rings is 2. The van der Waals surface area contributed by atoms with Crippen molar-refractivity contribution in [3.05, 3.63) is 218 Å². The van der Waals surface area contributed by atoms with E-state index in [0.29, 0.717) is 0 Å². The molecular weight excluding hydrogens is 912 g/mol. The third kappa shape index (κ3) is 5.58. The van der Waals surface area contributed by atoms with Crippen LogP contribution in [0.5, 0.6) is 0 Å². The molecule has 0 radical (unpaired) electrons. The van der Waals surface area contributed by atoms with Gasteiger partial charge in [0.1, 0.15) is 0 Å². The fourth-order valence-electron chi connectivity index (χ4n) is 11.4. The Bertz CT molecular complexity index is 4470. The van der Waals surface area contributed by atoms with Gasteiger partial charge in [0.2, 0.25) is 0 Å². The Morgan fingerprint density at radius 2 is 0.582 bits per heavy atom. The SMILES string of the molecule is c1ccc2c(c1)sc1ccc(-c3c4ccccc4c(-c4ccc5[se]c6c(-c7c8ccccc8c(-c8ccc9sc%10ccccc%10c9c8)c8ccccc78)cccc6c5c4)c4ccccc34)cc12. The molecule has 0 saturated heterocycles. The zero-order valence-electron chi connectivity index (χ0n) is 36.0. The first-order valence-electron chi connectivity index (χ1n) is 22.9. The molecule has 0 unspecified atom stereocenters. The number of hydrogen-bond donors (Lipinski definition) is 0. The van der Waals surface area contributed by atoms with E-state index in [-0.39, 0.29) is 14.5 Å². The summed E-state index contributed by atoms with van der Waals surface area (Å²) in [6.07, 6.45) is 0. The van der Waals surface area contributed by atoms with Crippen molar-refractivity contribution in [2.45, 2.75) is 0 Å². The fourth-order valence-corrected chi connectivity index (χ4v) is 16.1. The zero-order chi connectivity index (χ0) is 43.7. The Labute approximate surface area is 400 Å². The first kappa shape index (κ1) is 37.8. The number of hydrogen-bond acceptors (Lipinski definition) is 2. The molecule has 0 spiro atoms. The molecule has 0 N–H and O–H groups in total. The number of rotatable bonds is 4. The van der Waals surface area contributed by atoms with Crippen LogP contribution in [-0.2, 0) is 0 Å². The molecule has 310 valence electrons. The van der Waals surface area contributed by atoms with Crippen LogP contribution in [0.1, 0.15) is 0 Å². The van der Waals surface area contributed by atoms with Crippen LogP contribution in [-0.4, -0.2) is 14.5 Å². The second-order valence-electron chi connectivity index (χ2n) is 17.8. The van der Waals surface area contributed by atoms with Crippen LogP contribution >= 0.6 is 22.7 Å². The van der Waals surface area contributed by atoms with Gasteiger partial charge in [-0.05, 0) is 6.07 Å². The molecule has 0 saturated carbocycles. The molecule has 3 heterocycles. The van der Waals surface area contributed by atoms with Gasteiger partial charge in [-0.15, -0.1) is 11.3 Å². The summed E-state index contributed by atoms with van der Waals surface area (Å²) < 4.78 is 8.25. The van der Waals surface area contributed by atoms with E-state index in [9.17, 15) is 0 Å². The summed E-state index contributed by atoms with van der Waals surface area (Å²) in [5.74, 6) is 0. The van der Waals surface area contributed by atoms with Gasteiger partial charge in [-0.25, -0.2) is 0 Å². The van der Waals surface area contributed by atoms with E-state index >= 15 is 0 Å². The Balaban J connectivity index is 0.936. The van der Waals surface area contributed by atoms with Gasteiger partial charge >= 0.3 is 356 Å². The van der Waals surface area contributed by atoms with Crippen LogP contribution in [0.15, 0.2) is 218 Å². The van der Waals surface area contributed by atoms with Gasteiger partial charge in [-0.2, -0.15) is 0 Å². The van der Waals surface area contributed by atoms with E-state index in [1.165, 1.54) is 147 Å². The van der Waals surface area contributed by atoms with Gasteiger partial charge in [0.15, 0.2) is 0 Å². The van der Waals surface area contributed by atoms with Crippen LogP contribution < -0.4 is 0 Å². The molecule has 15 aromatic rings. The molecule has 3 heteroatoms. The summed E-state index contributed by atoms with van der Waals surface area (Å²) in [6, 6.07) is 82.7. The minimum atomic E-state index is 0.129. The van der Waals surface area contributed by atoms with Gasteiger partial charge in [0.25, 0.3) is 0 Å². The molecule has 12 aromatic carbocycles. The van der Waals surface area contributed by atoms with Crippen molar-refractivity contribution >= 4 is 140 Å². The van der Waals surface area contributed by atoms with Gasteiger partial charge in [0, 0.05) is 4.70 Å². The molecule has 0 fully saturated rings. The van der Waals surface area contributed by atoms with Crippen molar-refractivity contribution < 1.29 is 0 Å². The molecule has 3 aromatic heterocycles. The standard InChI is InChI=1S/C64H36S2Se/c1-3-18-44-42(16-1)60(37-28-31-57-52(34-37)40-14-9-11-26-55(40)65-57)43-17-2-4-19-45(43)62(44)39-30-33-59-54(36-39)50-24-13-25-51(64(50)67-59)63-48-22-7-5-20-46(48)61(47-21-6-8-23-49(47)63)38-29-32-58-53(35-38)41-15-10-12-27-56(41)66-58/h1-36H. The Hall–Kier alpha value is -7.36. The molecule has 0 bridgehead atoms. The molecule has 67 heavy (non-hydrogen) atoms. The van der Waals surface area contributed by atoms with Crippen molar-refractivity contribution in [3.63, 3.8) is 0 Å². The number of benzene rings is 12. The van der Waals surface area contributed by atoms with E-state index < -0.39 is 0 Å². The molecular formula is C64H36S2Se. The minimum absolute atomic E-state index is 0.129. The van der Waals surface area contributed by atoms with Crippen LogP contribution in [0.3, 0.4) is 0 Å². The third-order valence-electron chi connectivity index (χ3n) is 14.2. The van der Waals surface area contributed by atoms with E-state index in [4.69, 9.17) is 0 Å². The normalized spacial score (nSPS) is 12.2.